The zero-order chi connectivity index (χ0) is 41.7. The smallest absolute Gasteiger partial charge is 0.0715 e. The molecule has 1 heterocycles. The van der Waals surface area contributed by atoms with Crippen molar-refractivity contribution >= 4 is 48.6 Å². The number of fused-ring (bicyclic) bond motifs is 6. The van der Waals surface area contributed by atoms with Gasteiger partial charge in [0.1, 0.15) is 0 Å². The average molecular weight is 820 g/mol. The largest absolute Gasteiger partial charge is 0.309 e. The van der Waals surface area contributed by atoms with Crippen LogP contribution in [0, 0.1) is 0 Å². The molecular formula is C61H41NS. The quantitative estimate of drug-likeness (QED) is 0.148. The Morgan fingerprint density at radius 3 is 1.29 bits per heavy atom. The molecule has 0 bridgehead atoms. The van der Waals surface area contributed by atoms with Gasteiger partial charge in [0.2, 0.25) is 0 Å². The molecule has 0 unspecified atom stereocenters. The van der Waals surface area contributed by atoms with E-state index in [0.717, 1.165) is 11.4 Å². The molecule has 1 nitrogen and oxygen atoms in total. The van der Waals surface area contributed by atoms with E-state index in [1.54, 1.807) is 0 Å². The molecule has 0 atom stereocenters. The van der Waals surface area contributed by atoms with Gasteiger partial charge in [-0.05, 0) is 104 Å². The zero-order valence-corrected chi connectivity index (χ0v) is 35.3. The Balaban J connectivity index is 1.22. The van der Waals surface area contributed by atoms with Crippen molar-refractivity contribution in [3.8, 4) is 44.5 Å². The van der Waals surface area contributed by atoms with Gasteiger partial charge in [0, 0.05) is 37.1 Å². The van der Waals surface area contributed by atoms with Crippen molar-refractivity contribution in [3.63, 3.8) is 0 Å². The van der Waals surface area contributed by atoms with Gasteiger partial charge in [-0.2, -0.15) is 0 Å². The first kappa shape index (κ1) is 37.0. The average Bonchev–Trinajstić information content (AvgIpc) is 3.89. The number of anilines is 3. The van der Waals surface area contributed by atoms with E-state index in [-0.39, 0.29) is 0 Å². The Hall–Kier alpha value is -7.78. The van der Waals surface area contributed by atoms with Crippen LogP contribution < -0.4 is 4.90 Å². The summed E-state index contributed by atoms with van der Waals surface area (Å²) < 4.78 is 2.55. The summed E-state index contributed by atoms with van der Waals surface area (Å²) in [6, 6.07) is 91.7. The van der Waals surface area contributed by atoms with Crippen molar-refractivity contribution in [3.05, 3.63) is 271 Å². The molecule has 0 saturated heterocycles. The van der Waals surface area contributed by atoms with Crippen molar-refractivity contribution in [2.24, 2.45) is 0 Å². The number of nitrogens with zero attached hydrogens (tertiary/aromatic N) is 1. The number of benzene rings is 10. The fourth-order valence-electron chi connectivity index (χ4n) is 10.1. The number of hydrogen-bond acceptors (Lipinski definition) is 2. The van der Waals surface area contributed by atoms with Gasteiger partial charge in [-0.15, -0.1) is 11.3 Å². The Labute approximate surface area is 372 Å². The van der Waals surface area contributed by atoms with Crippen molar-refractivity contribution in [2.45, 2.75) is 5.41 Å². The number of hydrogen-bond donors (Lipinski definition) is 0. The second-order valence-electron chi connectivity index (χ2n) is 16.4. The highest BCUT2D eigenvalue weighted by molar-refractivity contribution is 7.26. The maximum Gasteiger partial charge on any atom is 0.0715 e. The molecule has 12 rings (SSSR count). The van der Waals surface area contributed by atoms with E-state index in [0.29, 0.717) is 0 Å². The fourth-order valence-corrected chi connectivity index (χ4v) is 11.3. The molecule has 0 aliphatic heterocycles. The molecule has 296 valence electrons. The van der Waals surface area contributed by atoms with E-state index < -0.39 is 5.41 Å². The highest BCUT2D eigenvalue weighted by Gasteiger charge is 2.48. The number of thiophene rings is 1. The van der Waals surface area contributed by atoms with Crippen molar-refractivity contribution in [1.82, 2.24) is 0 Å². The third kappa shape index (κ3) is 6.06. The van der Waals surface area contributed by atoms with Gasteiger partial charge in [0.05, 0.1) is 11.1 Å². The maximum absolute atomic E-state index is 2.55. The fraction of sp³-hybridized carbons (Fsp3) is 0.0164. The summed E-state index contributed by atoms with van der Waals surface area (Å²) in [5.41, 5.74) is 17.6. The van der Waals surface area contributed by atoms with E-state index in [9.17, 15) is 0 Å². The van der Waals surface area contributed by atoms with Gasteiger partial charge in [0.15, 0.2) is 0 Å². The van der Waals surface area contributed by atoms with Gasteiger partial charge in [-0.1, -0.05) is 206 Å². The molecule has 1 aliphatic rings. The normalized spacial score (nSPS) is 12.6. The third-order valence-corrected chi connectivity index (χ3v) is 14.1. The summed E-state index contributed by atoms with van der Waals surface area (Å²) in [7, 11) is 0. The summed E-state index contributed by atoms with van der Waals surface area (Å²) in [6.07, 6.45) is 0. The molecule has 10 aromatic carbocycles. The molecular weight excluding hydrogens is 779 g/mol. The van der Waals surface area contributed by atoms with Crippen LogP contribution in [0.1, 0.15) is 22.3 Å². The maximum atomic E-state index is 2.55. The number of rotatable bonds is 8. The van der Waals surface area contributed by atoms with E-state index in [2.05, 4.69) is 254 Å². The Morgan fingerprint density at radius 2 is 0.762 bits per heavy atom. The third-order valence-electron chi connectivity index (χ3n) is 12.9. The van der Waals surface area contributed by atoms with Crippen LogP contribution in [-0.4, -0.2) is 0 Å². The topological polar surface area (TPSA) is 3.24 Å². The lowest BCUT2D eigenvalue weighted by molar-refractivity contribution is 0.770. The molecule has 0 saturated carbocycles. The molecule has 1 aromatic heterocycles. The van der Waals surface area contributed by atoms with Crippen LogP contribution in [0.2, 0.25) is 0 Å². The molecule has 0 amide bonds. The molecule has 0 radical (unpaired) electrons. The molecule has 0 N–H and O–H groups in total. The molecule has 63 heavy (non-hydrogen) atoms. The second kappa shape index (κ2) is 15.3. The summed E-state index contributed by atoms with van der Waals surface area (Å²) in [5, 5.41) is 2.53. The van der Waals surface area contributed by atoms with Crippen LogP contribution >= 0.6 is 11.3 Å². The van der Waals surface area contributed by atoms with Crippen molar-refractivity contribution in [1.29, 1.82) is 0 Å². The van der Waals surface area contributed by atoms with Crippen LogP contribution in [0.5, 0.6) is 0 Å². The summed E-state index contributed by atoms with van der Waals surface area (Å²) in [4.78, 5) is 2.55. The minimum atomic E-state index is -0.614. The molecule has 1 aliphatic carbocycles. The van der Waals surface area contributed by atoms with Crippen molar-refractivity contribution in [2.75, 3.05) is 4.90 Å². The monoisotopic (exact) mass is 819 g/mol. The summed E-state index contributed by atoms with van der Waals surface area (Å²) in [6.45, 7) is 0. The Bertz CT molecular complexity index is 3270. The first-order valence-corrected chi connectivity index (χ1v) is 22.5. The van der Waals surface area contributed by atoms with E-state index in [1.165, 1.54) is 92.6 Å². The van der Waals surface area contributed by atoms with E-state index >= 15 is 0 Å². The predicted octanol–water partition coefficient (Wildman–Crippen LogP) is 16.9. The van der Waals surface area contributed by atoms with Crippen LogP contribution in [-0.2, 0) is 5.41 Å². The predicted molar refractivity (Wildman–Crippen MR) is 268 cm³/mol. The second-order valence-corrected chi connectivity index (χ2v) is 17.5. The standard InChI is InChI=1S/C61H41NS/c1-6-18-42(19-7-1)45-30-35-50(36-31-45)62(51-37-32-46(33-38-51)43-20-8-2-9-21-43)60-58-52-39-34-47(44-22-10-3-11-23-44)40-54(52)61(48-24-12-4-13-25-48,49-26-14-5-15-27-49)55(58)41-57-59(60)53-28-16-17-29-56(53)63-57/h1-41H. The zero-order valence-electron chi connectivity index (χ0n) is 34.5. The van der Waals surface area contributed by atoms with Gasteiger partial charge in [-0.25, -0.2) is 0 Å². The van der Waals surface area contributed by atoms with E-state index in [1.807, 2.05) is 11.3 Å². The van der Waals surface area contributed by atoms with Gasteiger partial charge >= 0.3 is 0 Å². The Kier molecular flexibility index (Phi) is 8.98. The minimum absolute atomic E-state index is 0.614. The van der Waals surface area contributed by atoms with Gasteiger partial charge in [-0.3, -0.25) is 0 Å². The first-order chi connectivity index (χ1) is 31.3. The summed E-state index contributed by atoms with van der Waals surface area (Å²) >= 11 is 1.89. The van der Waals surface area contributed by atoms with Crippen molar-refractivity contribution < 1.29 is 0 Å². The highest BCUT2D eigenvalue weighted by Crippen LogP contribution is 2.63. The minimum Gasteiger partial charge on any atom is -0.309 e. The van der Waals surface area contributed by atoms with Crippen LogP contribution in [0.25, 0.3) is 64.7 Å². The van der Waals surface area contributed by atoms with E-state index in [4.69, 9.17) is 0 Å². The van der Waals surface area contributed by atoms with Crippen LogP contribution in [0.15, 0.2) is 249 Å². The SMILES string of the molecule is c1ccc(-c2ccc(N(c3ccc(-c4ccccc4)cc3)c3c4c(cc5sc6ccccc6c35)C(c3ccccc3)(c3ccccc3)c3cc(-c5ccccc5)ccc3-4)cc2)cc1. The molecule has 0 spiro atoms. The highest BCUT2D eigenvalue weighted by atomic mass is 32.1. The summed E-state index contributed by atoms with van der Waals surface area (Å²) in [5.74, 6) is 0. The lowest BCUT2D eigenvalue weighted by Crippen LogP contribution is -2.28. The first-order valence-electron chi connectivity index (χ1n) is 21.7. The van der Waals surface area contributed by atoms with Crippen LogP contribution in [0.4, 0.5) is 17.1 Å². The Morgan fingerprint density at radius 1 is 0.333 bits per heavy atom. The van der Waals surface area contributed by atoms with Gasteiger partial charge in [0.25, 0.3) is 0 Å². The van der Waals surface area contributed by atoms with Crippen LogP contribution in [0.3, 0.4) is 0 Å². The lowest BCUT2D eigenvalue weighted by Gasteiger charge is -2.35. The molecule has 11 aromatic rings. The molecule has 2 heteroatoms. The van der Waals surface area contributed by atoms with Gasteiger partial charge < -0.3 is 4.90 Å². The molecule has 0 fully saturated rings. The lowest BCUT2D eigenvalue weighted by atomic mass is 9.67.